The van der Waals surface area contributed by atoms with Crippen molar-refractivity contribution in [2.75, 3.05) is 6.61 Å². The second kappa shape index (κ2) is 9.87. The van der Waals surface area contributed by atoms with E-state index in [9.17, 15) is 19.5 Å². The van der Waals surface area contributed by atoms with Crippen molar-refractivity contribution in [1.82, 2.24) is 10.6 Å². The van der Waals surface area contributed by atoms with E-state index in [-0.39, 0.29) is 18.4 Å². The van der Waals surface area contributed by atoms with Crippen LogP contribution in [0.15, 0.2) is 48.5 Å². The van der Waals surface area contributed by atoms with Gasteiger partial charge in [-0.05, 0) is 48.4 Å². The fourth-order valence-corrected chi connectivity index (χ4v) is 5.23. The predicted octanol–water partition coefficient (Wildman–Crippen LogP) is 4.45. The third-order valence-electron chi connectivity index (χ3n) is 7.37. The van der Waals surface area contributed by atoms with Crippen molar-refractivity contribution in [3.05, 3.63) is 59.7 Å². The molecule has 2 aromatic carbocycles. The van der Waals surface area contributed by atoms with Crippen molar-refractivity contribution in [3.8, 4) is 11.1 Å². The Kier molecular flexibility index (Phi) is 6.91. The Hall–Kier alpha value is -3.35. The van der Waals surface area contributed by atoms with E-state index >= 15 is 0 Å². The summed E-state index contributed by atoms with van der Waals surface area (Å²) in [5.74, 6) is -1.35. The van der Waals surface area contributed by atoms with Crippen LogP contribution >= 0.6 is 0 Å². The molecule has 2 aliphatic carbocycles. The topological polar surface area (TPSA) is 105 Å². The number of alkyl carbamates (subject to hydrolysis) is 1. The fourth-order valence-electron chi connectivity index (χ4n) is 5.23. The molecule has 180 valence electrons. The minimum absolute atomic E-state index is 0.0643. The summed E-state index contributed by atoms with van der Waals surface area (Å²) in [5.41, 5.74) is 3.52. The third-order valence-corrected chi connectivity index (χ3v) is 7.37. The molecular weight excluding hydrogens is 432 g/mol. The molecule has 2 unspecified atom stereocenters. The molecule has 4 rings (SSSR count). The van der Waals surface area contributed by atoms with Crippen LogP contribution in [0.25, 0.3) is 11.1 Å². The van der Waals surface area contributed by atoms with Gasteiger partial charge in [-0.2, -0.15) is 0 Å². The lowest BCUT2D eigenvalue weighted by atomic mass is 9.71. The molecule has 1 saturated carbocycles. The smallest absolute Gasteiger partial charge is 0.407 e. The van der Waals surface area contributed by atoms with Crippen LogP contribution in [0.1, 0.15) is 63.0 Å². The Morgan fingerprint density at radius 3 is 2.26 bits per heavy atom. The van der Waals surface area contributed by atoms with Gasteiger partial charge in [0.15, 0.2) is 0 Å². The molecule has 1 fully saturated rings. The van der Waals surface area contributed by atoms with Crippen molar-refractivity contribution in [2.45, 2.75) is 64.0 Å². The van der Waals surface area contributed by atoms with Gasteiger partial charge in [-0.3, -0.25) is 9.59 Å². The monoisotopic (exact) mass is 464 g/mol. The first kappa shape index (κ1) is 23.8. The van der Waals surface area contributed by atoms with Crippen molar-refractivity contribution >= 4 is 18.0 Å². The van der Waals surface area contributed by atoms with Crippen molar-refractivity contribution in [3.63, 3.8) is 0 Å². The molecule has 0 spiro atoms. The van der Waals surface area contributed by atoms with E-state index in [2.05, 4.69) is 22.8 Å². The number of amides is 2. The largest absolute Gasteiger partial charge is 0.481 e. The summed E-state index contributed by atoms with van der Waals surface area (Å²) in [6, 6.07) is 14.9. The van der Waals surface area contributed by atoms with E-state index in [4.69, 9.17) is 4.74 Å². The van der Waals surface area contributed by atoms with Crippen LogP contribution in [0.3, 0.4) is 0 Å². The molecule has 34 heavy (non-hydrogen) atoms. The minimum atomic E-state index is -1.00. The van der Waals surface area contributed by atoms with Gasteiger partial charge >= 0.3 is 12.1 Å². The predicted molar refractivity (Wildman–Crippen MR) is 128 cm³/mol. The summed E-state index contributed by atoms with van der Waals surface area (Å²) < 4.78 is 5.57. The average Bonchev–Trinajstić information content (AvgIpc) is 3.16. The summed E-state index contributed by atoms with van der Waals surface area (Å²) in [6.45, 7) is 3.64. The standard InChI is InChI=1S/C27H32N2O5/c1-3-22(24(30)29-23-14-8-9-15-27(23,2)25(31)32)28-26(33)34-16-21-19-12-6-4-10-17(19)18-11-5-7-13-20(18)21/h4-7,10-13,21-23H,3,8-9,14-16H2,1-2H3,(H,28,33)(H,29,30)(H,31,32)/t22-,23?,27?/m0/s1. The molecule has 2 aromatic rings. The van der Waals surface area contributed by atoms with Crippen LogP contribution in [0.2, 0.25) is 0 Å². The van der Waals surface area contributed by atoms with Crippen molar-refractivity contribution < 1.29 is 24.2 Å². The number of fused-ring (bicyclic) bond motifs is 3. The first-order valence-corrected chi connectivity index (χ1v) is 12.0. The number of ether oxygens (including phenoxy) is 1. The molecule has 0 saturated heterocycles. The van der Waals surface area contributed by atoms with Crippen LogP contribution < -0.4 is 10.6 Å². The third kappa shape index (κ3) is 4.52. The number of carboxylic acid groups (broad SMARTS) is 1. The summed E-state index contributed by atoms with van der Waals surface area (Å²) in [5, 5.41) is 15.2. The molecule has 0 aliphatic heterocycles. The van der Waals surface area contributed by atoms with Crippen molar-refractivity contribution in [2.24, 2.45) is 5.41 Å². The average molecular weight is 465 g/mol. The summed E-state index contributed by atoms with van der Waals surface area (Å²) in [7, 11) is 0. The number of carbonyl (C=O) groups is 3. The van der Waals surface area contributed by atoms with Crippen molar-refractivity contribution in [1.29, 1.82) is 0 Å². The number of hydrogen-bond donors (Lipinski definition) is 3. The Morgan fingerprint density at radius 1 is 1.06 bits per heavy atom. The number of aliphatic carboxylic acids is 1. The molecule has 0 aromatic heterocycles. The fraction of sp³-hybridized carbons (Fsp3) is 0.444. The lowest BCUT2D eigenvalue weighted by Crippen LogP contribution is -2.56. The van der Waals surface area contributed by atoms with Crippen LogP contribution in [0.5, 0.6) is 0 Å². The highest BCUT2D eigenvalue weighted by atomic mass is 16.5. The van der Waals surface area contributed by atoms with Gasteiger partial charge in [0, 0.05) is 12.0 Å². The SMILES string of the molecule is CC[C@H](NC(=O)OCC1c2ccccc2-c2ccccc21)C(=O)NC1CCCCC1(C)C(=O)O. The molecule has 3 atom stereocenters. The molecule has 2 aliphatic rings. The van der Waals surface area contributed by atoms with Crippen LogP contribution in [-0.4, -0.2) is 41.8 Å². The van der Waals surface area contributed by atoms with Gasteiger partial charge in [0.05, 0.1) is 5.41 Å². The van der Waals surface area contributed by atoms with E-state index < -0.39 is 29.6 Å². The van der Waals surface area contributed by atoms with Gasteiger partial charge < -0.3 is 20.5 Å². The van der Waals surface area contributed by atoms with Crippen LogP contribution in [-0.2, 0) is 14.3 Å². The Balaban J connectivity index is 1.38. The zero-order valence-corrected chi connectivity index (χ0v) is 19.7. The van der Waals surface area contributed by atoms with Crippen LogP contribution in [0, 0.1) is 5.41 Å². The summed E-state index contributed by atoms with van der Waals surface area (Å²) in [6.07, 6.45) is 2.52. The van der Waals surface area contributed by atoms with Gasteiger partial charge in [-0.25, -0.2) is 4.79 Å². The van der Waals surface area contributed by atoms with Gasteiger partial charge in [-0.15, -0.1) is 0 Å². The second-order valence-electron chi connectivity index (χ2n) is 9.46. The maximum absolute atomic E-state index is 12.9. The van der Waals surface area contributed by atoms with Gasteiger partial charge in [-0.1, -0.05) is 68.3 Å². The summed E-state index contributed by atoms with van der Waals surface area (Å²) in [4.78, 5) is 37.4. The molecule has 0 bridgehead atoms. The van der Waals surface area contributed by atoms with Gasteiger partial charge in [0.1, 0.15) is 12.6 Å². The molecule has 7 heteroatoms. The highest BCUT2D eigenvalue weighted by Gasteiger charge is 2.44. The minimum Gasteiger partial charge on any atom is -0.481 e. The Labute approximate surface area is 199 Å². The number of benzene rings is 2. The molecule has 3 N–H and O–H groups in total. The Bertz CT molecular complexity index is 1040. The molecule has 0 radical (unpaired) electrons. The number of carbonyl (C=O) groups excluding carboxylic acids is 2. The maximum atomic E-state index is 12.9. The number of nitrogens with one attached hydrogen (secondary N) is 2. The zero-order valence-electron chi connectivity index (χ0n) is 19.7. The van der Waals surface area contributed by atoms with E-state index in [1.54, 1.807) is 13.8 Å². The molecular formula is C27H32N2O5. The van der Waals surface area contributed by atoms with Gasteiger partial charge in [0.2, 0.25) is 5.91 Å². The van der Waals surface area contributed by atoms with E-state index in [0.29, 0.717) is 19.3 Å². The quantitative estimate of drug-likeness (QED) is 0.561. The number of carboxylic acids is 1. The lowest BCUT2D eigenvalue weighted by Gasteiger charge is -2.38. The normalized spacial score (nSPS) is 22.2. The van der Waals surface area contributed by atoms with Gasteiger partial charge in [0.25, 0.3) is 0 Å². The van der Waals surface area contributed by atoms with E-state index in [1.165, 1.54) is 0 Å². The highest BCUT2D eigenvalue weighted by molar-refractivity contribution is 5.87. The summed E-state index contributed by atoms with van der Waals surface area (Å²) >= 11 is 0. The Morgan fingerprint density at radius 2 is 1.68 bits per heavy atom. The molecule has 2 amide bonds. The number of hydrogen-bond acceptors (Lipinski definition) is 4. The van der Waals surface area contributed by atoms with E-state index in [0.717, 1.165) is 35.1 Å². The number of rotatable bonds is 7. The zero-order chi connectivity index (χ0) is 24.3. The molecule has 7 nitrogen and oxygen atoms in total. The first-order valence-electron chi connectivity index (χ1n) is 12.0. The maximum Gasteiger partial charge on any atom is 0.407 e. The molecule has 0 heterocycles. The van der Waals surface area contributed by atoms with Crippen LogP contribution in [0.4, 0.5) is 4.79 Å². The second-order valence-corrected chi connectivity index (χ2v) is 9.46. The highest BCUT2D eigenvalue weighted by Crippen LogP contribution is 2.44. The van der Waals surface area contributed by atoms with E-state index in [1.807, 2.05) is 36.4 Å². The lowest BCUT2D eigenvalue weighted by molar-refractivity contribution is -0.152. The first-order chi connectivity index (χ1) is 16.3.